The van der Waals surface area contributed by atoms with Crippen molar-refractivity contribution in [2.24, 2.45) is 0 Å². The first-order valence-corrected chi connectivity index (χ1v) is 9.51. The molecule has 2 aliphatic rings. The van der Waals surface area contributed by atoms with Crippen molar-refractivity contribution >= 4 is 11.7 Å². The Bertz CT molecular complexity index is 1030. The summed E-state index contributed by atoms with van der Waals surface area (Å²) in [6, 6.07) is 14.6. The van der Waals surface area contributed by atoms with Gasteiger partial charge in [-0.3, -0.25) is 10.1 Å². The monoisotopic (exact) mass is 392 g/mol. The van der Waals surface area contributed by atoms with Crippen LogP contribution in [0.5, 0.6) is 5.75 Å². The van der Waals surface area contributed by atoms with Crippen LogP contribution < -0.4 is 15.4 Å². The van der Waals surface area contributed by atoms with E-state index in [4.69, 9.17) is 9.26 Å². The molecule has 1 aromatic carbocycles. The van der Waals surface area contributed by atoms with Gasteiger partial charge in [-0.25, -0.2) is 4.98 Å². The third-order valence-electron chi connectivity index (χ3n) is 5.45. The molecule has 2 atom stereocenters. The third kappa shape index (κ3) is 3.26. The van der Waals surface area contributed by atoms with E-state index in [1.54, 1.807) is 24.4 Å². The summed E-state index contributed by atoms with van der Waals surface area (Å²) < 4.78 is 11.2. The summed E-state index contributed by atoms with van der Waals surface area (Å²) in [5, 5.41) is 20.2. The fraction of sp³-hybridized carbons (Fsp3) is 0.286. The van der Waals surface area contributed by atoms with Crippen molar-refractivity contribution in [3.63, 3.8) is 0 Å². The highest BCUT2D eigenvalue weighted by atomic mass is 16.5. The number of nitrogens with zero attached hydrogens (tertiary/aromatic N) is 2. The van der Waals surface area contributed by atoms with E-state index in [0.29, 0.717) is 17.3 Å². The lowest BCUT2D eigenvalue weighted by molar-refractivity contribution is -0.119. The number of hydrogen-bond donors (Lipinski definition) is 3. The number of pyridine rings is 1. The summed E-state index contributed by atoms with van der Waals surface area (Å²) in [6.45, 7) is 0.0558. The van der Waals surface area contributed by atoms with Crippen LogP contribution in [0.25, 0.3) is 0 Å². The molecule has 8 nitrogen and oxygen atoms in total. The first-order valence-electron chi connectivity index (χ1n) is 9.51. The highest BCUT2D eigenvalue weighted by molar-refractivity contribution is 5.95. The summed E-state index contributed by atoms with van der Waals surface area (Å²) in [5.74, 6) is 1.23. The number of rotatable bonds is 5. The Morgan fingerprint density at radius 1 is 1.21 bits per heavy atom. The van der Waals surface area contributed by atoms with E-state index >= 15 is 0 Å². The second-order valence-corrected chi connectivity index (χ2v) is 7.34. The van der Waals surface area contributed by atoms with E-state index in [1.165, 1.54) is 5.56 Å². The molecule has 8 heteroatoms. The van der Waals surface area contributed by atoms with Gasteiger partial charge in [-0.05, 0) is 30.5 Å². The number of anilines is 1. The quantitative estimate of drug-likeness (QED) is 0.571. The first-order chi connectivity index (χ1) is 14.2. The smallest absolute Gasteiger partial charge is 0.246 e. The maximum atomic E-state index is 12.5. The Balaban J connectivity index is 1.30. The molecule has 1 aliphatic carbocycles. The van der Waals surface area contributed by atoms with Crippen LogP contribution in [0.1, 0.15) is 36.1 Å². The zero-order valence-electron chi connectivity index (χ0n) is 15.5. The van der Waals surface area contributed by atoms with Gasteiger partial charge in [0, 0.05) is 12.3 Å². The lowest BCUT2D eigenvalue weighted by atomic mass is 9.93. The van der Waals surface area contributed by atoms with Crippen LogP contribution >= 0.6 is 0 Å². The Kier molecular flexibility index (Phi) is 4.30. The SMILES string of the molecule is O=C1Nc2ncccc2OC[C@@H]1NC(O)c1cc(C2(c3ccccc3)CC2)on1. The number of carbonyl (C=O) groups is 1. The van der Waals surface area contributed by atoms with Crippen molar-refractivity contribution in [3.8, 4) is 5.75 Å². The van der Waals surface area contributed by atoms with E-state index in [1.807, 2.05) is 18.2 Å². The van der Waals surface area contributed by atoms with Crippen molar-refractivity contribution in [1.82, 2.24) is 15.5 Å². The normalized spacial score (nSPS) is 20.7. The third-order valence-corrected chi connectivity index (χ3v) is 5.45. The molecule has 3 N–H and O–H groups in total. The molecule has 1 saturated carbocycles. The molecule has 3 aromatic rings. The summed E-state index contributed by atoms with van der Waals surface area (Å²) in [7, 11) is 0. The summed E-state index contributed by atoms with van der Waals surface area (Å²) >= 11 is 0. The molecule has 0 bridgehead atoms. The summed E-state index contributed by atoms with van der Waals surface area (Å²) in [4.78, 5) is 16.5. The van der Waals surface area contributed by atoms with Crippen molar-refractivity contribution in [2.45, 2.75) is 30.5 Å². The van der Waals surface area contributed by atoms with Crippen molar-refractivity contribution < 1.29 is 19.2 Å². The van der Waals surface area contributed by atoms with Gasteiger partial charge in [0.05, 0.1) is 5.41 Å². The molecule has 29 heavy (non-hydrogen) atoms. The van der Waals surface area contributed by atoms with Gasteiger partial charge in [0.2, 0.25) is 5.91 Å². The number of nitrogens with one attached hydrogen (secondary N) is 2. The minimum Gasteiger partial charge on any atom is -0.488 e. The van der Waals surface area contributed by atoms with Crippen LogP contribution in [0.15, 0.2) is 59.3 Å². The number of ether oxygens (including phenoxy) is 1. The largest absolute Gasteiger partial charge is 0.488 e. The number of amides is 1. The van der Waals surface area contributed by atoms with Gasteiger partial charge >= 0.3 is 0 Å². The molecule has 1 fully saturated rings. The standard InChI is InChI=1S/C21H20N4O4/c26-19(23-15-12-28-16-7-4-10-22-18(16)24-20(15)27)14-11-17(29-25-14)21(8-9-21)13-5-2-1-3-6-13/h1-7,10-11,15,19,23,26H,8-9,12H2,(H,22,24,27)/t15-,19?/m0/s1. The Morgan fingerprint density at radius 3 is 2.83 bits per heavy atom. The number of aliphatic hydroxyl groups is 1. The molecule has 0 saturated heterocycles. The molecule has 0 radical (unpaired) electrons. The summed E-state index contributed by atoms with van der Waals surface area (Å²) in [6.07, 6.45) is 2.34. The minimum atomic E-state index is -1.17. The van der Waals surface area contributed by atoms with Crippen LogP contribution in [0.4, 0.5) is 5.82 Å². The predicted molar refractivity (Wildman–Crippen MR) is 103 cm³/mol. The second kappa shape index (κ2) is 6.98. The van der Waals surface area contributed by atoms with Gasteiger partial charge < -0.3 is 19.7 Å². The Labute approximate surface area is 166 Å². The lowest BCUT2D eigenvalue weighted by Crippen LogP contribution is -2.45. The van der Waals surface area contributed by atoms with E-state index < -0.39 is 12.3 Å². The Hall–Kier alpha value is -3.23. The van der Waals surface area contributed by atoms with E-state index in [9.17, 15) is 9.90 Å². The number of carbonyl (C=O) groups excluding carboxylic acids is 1. The average molecular weight is 392 g/mol. The van der Waals surface area contributed by atoms with Crippen LogP contribution in [0, 0.1) is 0 Å². The van der Waals surface area contributed by atoms with E-state index in [0.717, 1.165) is 18.6 Å². The van der Waals surface area contributed by atoms with Crippen LogP contribution in [-0.2, 0) is 10.2 Å². The van der Waals surface area contributed by atoms with Gasteiger partial charge in [0.1, 0.15) is 24.1 Å². The van der Waals surface area contributed by atoms with E-state index in [-0.39, 0.29) is 17.9 Å². The molecular formula is C21H20N4O4. The highest BCUT2D eigenvalue weighted by Crippen LogP contribution is 2.53. The van der Waals surface area contributed by atoms with Crippen LogP contribution in [-0.4, -0.2) is 33.8 Å². The number of aromatic nitrogens is 2. The lowest BCUT2D eigenvalue weighted by Gasteiger charge is -2.17. The van der Waals surface area contributed by atoms with Crippen LogP contribution in [0.2, 0.25) is 0 Å². The van der Waals surface area contributed by atoms with Gasteiger partial charge in [-0.15, -0.1) is 0 Å². The fourth-order valence-corrected chi connectivity index (χ4v) is 3.66. The topological polar surface area (TPSA) is 110 Å². The Morgan fingerprint density at radius 2 is 2.03 bits per heavy atom. The number of hydrogen-bond acceptors (Lipinski definition) is 7. The first kappa shape index (κ1) is 17.8. The molecule has 1 aliphatic heterocycles. The maximum absolute atomic E-state index is 12.5. The number of benzene rings is 1. The molecule has 2 aromatic heterocycles. The van der Waals surface area contributed by atoms with Gasteiger partial charge in [-0.2, -0.15) is 0 Å². The zero-order valence-corrected chi connectivity index (χ0v) is 15.5. The molecule has 1 unspecified atom stereocenters. The van der Waals surface area contributed by atoms with Crippen molar-refractivity contribution in [1.29, 1.82) is 0 Å². The van der Waals surface area contributed by atoms with Crippen LogP contribution in [0.3, 0.4) is 0 Å². The molecule has 148 valence electrons. The zero-order chi connectivity index (χ0) is 19.8. The minimum absolute atomic E-state index is 0.0558. The fourth-order valence-electron chi connectivity index (χ4n) is 3.66. The van der Waals surface area contributed by atoms with Crippen molar-refractivity contribution in [3.05, 3.63) is 71.7 Å². The summed E-state index contributed by atoms with van der Waals surface area (Å²) in [5.41, 5.74) is 1.32. The van der Waals surface area contributed by atoms with Crippen molar-refractivity contribution in [2.75, 3.05) is 11.9 Å². The van der Waals surface area contributed by atoms with Gasteiger partial charge in [0.15, 0.2) is 17.8 Å². The highest BCUT2D eigenvalue weighted by Gasteiger charge is 2.49. The second-order valence-electron chi connectivity index (χ2n) is 7.34. The molecule has 5 rings (SSSR count). The number of fused-ring (bicyclic) bond motifs is 1. The predicted octanol–water partition coefficient (Wildman–Crippen LogP) is 2.13. The van der Waals surface area contributed by atoms with Gasteiger partial charge in [0.25, 0.3) is 0 Å². The van der Waals surface area contributed by atoms with E-state index in [2.05, 4.69) is 32.9 Å². The maximum Gasteiger partial charge on any atom is 0.246 e. The molecule has 0 spiro atoms. The average Bonchev–Trinajstić information content (AvgIpc) is 3.44. The number of aliphatic hydroxyl groups excluding tert-OH is 1. The molecular weight excluding hydrogens is 372 g/mol. The van der Waals surface area contributed by atoms with Gasteiger partial charge in [-0.1, -0.05) is 35.5 Å². The molecule has 3 heterocycles. The molecule has 1 amide bonds.